The SMILES string of the molecule is CCOCCNC(=O)C1CN(c2cc(C)c3c(=O)c(C(=O)O)cn(-c4nc(-n5cccn5)ns4)c3n2)C1. The van der Waals surface area contributed by atoms with Crippen molar-refractivity contribution in [2.24, 2.45) is 5.92 Å². The highest BCUT2D eigenvalue weighted by molar-refractivity contribution is 7.08. The first-order valence-electron chi connectivity index (χ1n) is 11.6. The molecule has 0 saturated carbocycles. The number of aromatic carboxylic acids is 1. The molecule has 1 fully saturated rings. The Morgan fingerprint density at radius 1 is 1.30 bits per heavy atom. The van der Waals surface area contributed by atoms with E-state index in [0.29, 0.717) is 55.3 Å². The topological polar surface area (TPSA) is 157 Å². The second kappa shape index (κ2) is 10.1. The molecule has 1 aliphatic heterocycles. The fraction of sp³-hybridized carbons (Fsp3) is 0.348. The standard InChI is InChI=1S/C23H24N8O5S/c1-3-36-8-6-24-20(33)14-10-29(11-14)16-9-13(2)17-18(32)15(21(34)35)12-30(19(17)26-16)23-27-22(28-37-23)31-7-4-5-25-31/h4-5,7,9,12,14H,3,6,8,10-11H2,1-2H3,(H,24,33)(H,34,35). The molecule has 5 rings (SSSR count). The predicted molar refractivity (Wildman–Crippen MR) is 135 cm³/mol. The number of nitrogens with one attached hydrogen (secondary N) is 1. The number of amides is 1. The number of nitrogens with zero attached hydrogens (tertiary/aromatic N) is 7. The van der Waals surface area contributed by atoms with Crippen LogP contribution in [-0.2, 0) is 9.53 Å². The van der Waals surface area contributed by atoms with Gasteiger partial charge >= 0.3 is 5.97 Å². The maximum atomic E-state index is 13.1. The fourth-order valence-corrected chi connectivity index (χ4v) is 4.73. The molecule has 14 heteroatoms. The quantitative estimate of drug-likeness (QED) is 0.303. The number of carbonyl (C=O) groups is 2. The maximum Gasteiger partial charge on any atom is 0.341 e. The average molecular weight is 525 g/mol. The van der Waals surface area contributed by atoms with Gasteiger partial charge in [0.2, 0.25) is 16.5 Å². The number of carboxylic acid groups (broad SMARTS) is 1. The van der Waals surface area contributed by atoms with Crippen molar-refractivity contribution in [1.29, 1.82) is 0 Å². The van der Waals surface area contributed by atoms with Gasteiger partial charge in [0.05, 0.1) is 17.9 Å². The highest BCUT2D eigenvalue weighted by atomic mass is 32.1. The highest BCUT2D eigenvalue weighted by Gasteiger charge is 2.34. The Hall–Kier alpha value is -4.17. The minimum Gasteiger partial charge on any atom is -0.477 e. The maximum absolute atomic E-state index is 13.1. The lowest BCUT2D eigenvalue weighted by atomic mass is 9.98. The van der Waals surface area contributed by atoms with Crippen molar-refractivity contribution in [3.63, 3.8) is 0 Å². The van der Waals surface area contributed by atoms with E-state index in [1.165, 1.54) is 15.4 Å². The van der Waals surface area contributed by atoms with Gasteiger partial charge in [-0.25, -0.2) is 14.5 Å². The minimum atomic E-state index is -1.35. The van der Waals surface area contributed by atoms with Gasteiger partial charge in [-0.3, -0.25) is 14.2 Å². The van der Waals surface area contributed by atoms with Crippen LogP contribution in [0.2, 0.25) is 0 Å². The number of aromatic nitrogens is 6. The van der Waals surface area contributed by atoms with E-state index in [2.05, 4.69) is 19.8 Å². The molecule has 0 radical (unpaired) electrons. The van der Waals surface area contributed by atoms with Crippen molar-refractivity contribution in [3.05, 3.63) is 52.1 Å². The Morgan fingerprint density at radius 3 is 2.81 bits per heavy atom. The van der Waals surface area contributed by atoms with Crippen molar-refractivity contribution in [1.82, 2.24) is 34.0 Å². The van der Waals surface area contributed by atoms with E-state index in [1.54, 1.807) is 31.5 Å². The lowest BCUT2D eigenvalue weighted by Gasteiger charge is -2.39. The van der Waals surface area contributed by atoms with Crippen LogP contribution in [0.15, 0.2) is 35.5 Å². The normalized spacial score (nSPS) is 13.6. The van der Waals surface area contributed by atoms with Gasteiger partial charge in [-0.05, 0) is 31.5 Å². The van der Waals surface area contributed by atoms with E-state index in [9.17, 15) is 19.5 Å². The summed E-state index contributed by atoms with van der Waals surface area (Å²) in [7, 11) is 0. The van der Waals surface area contributed by atoms with Crippen LogP contribution in [0, 0.1) is 12.8 Å². The third kappa shape index (κ3) is 4.68. The van der Waals surface area contributed by atoms with Crippen molar-refractivity contribution in [3.8, 4) is 11.1 Å². The van der Waals surface area contributed by atoms with Crippen molar-refractivity contribution in [2.45, 2.75) is 13.8 Å². The van der Waals surface area contributed by atoms with Crippen LogP contribution in [-0.4, -0.2) is 78.5 Å². The monoisotopic (exact) mass is 524 g/mol. The van der Waals surface area contributed by atoms with Crippen LogP contribution in [0.1, 0.15) is 22.8 Å². The van der Waals surface area contributed by atoms with E-state index in [1.807, 2.05) is 11.8 Å². The van der Waals surface area contributed by atoms with Gasteiger partial charge < -0.3 is 20.1 Å². The van der Waals surface area contributed by atoms with Crippen LogP contribution < -0.4 is 15.6 Å². The molecule has 1 saturated heterocycles. The number of hydrogen-bond acceptors (Lipinski definition) is 10. The molecule has 4 aromatic heterocycles. The Labute approximate surface area is 214 Å². The lowest BCUT2D eigenvalue weighted by molar-refractivity contribution is -0.125. The number of anilines is 1. The largest absolute Gasteiger partial charge is 0.477 e. The Bertz CT molecular complexity index is 1520. The van der Waals surface area contributed by atoms with Gasteiger partial charge in [0.15, 0.2) is 5.65 Å². The number of hydrogen-bond donors (Lipinski definition) is 2. The summed E-state index contributed by atoms with van der Waals surface area (Å²) in [4.78, 5) is 48.4. The fourth-order valence-electron chi connectivity index (χ4n) is 4.09. The first-order valence-corrected chi connectivity index (χ1v) is 12.4. The van der Waals surface area contributed by atoms with Crippen LogP contribution in [0.5, 0.6) is 0 Å². The third-order valence-corrected chi connectivity index (χ3v) is 6.72. The third-order valence-electron chi connectivity index (χ3n) is 6.02. The molecule has 13 nitrogen and oxygen atoms in total. The van der Waals surface area contributed by atoms with Crippen LogP contribution in [0.4, 0.5) is 5.82 Å². The predicted octanol–water partition coefficient (Wildman–Crippen LogP) is 1.02. The number of pyridine rings is 2. The van der Waals surface area contributed by atoms with E-state index in [-0.39, 0.29) is 22.9 Å². The van der Waals surface area contributed by atoms with Gasteiger partial charge in [-0.1, -0.05) is 0 Å². The first kappa shape index (κ1) is 24.5. The van der Waals surface area contributed by atoms with E-state index in [0.717, 1.165) is 11.5 Å². The summed E-state index contributed by atoms with van der Waals surface area (Å²) >= 11 is 1.03. The Balaban J connectivity index is 1.49. The summed E-state index contributed by atoms with van der Waals surface area (Å²) < 4.78 is 12.5. The number of fused-ring (bicyclic) bond motifs is 1. The molecule has 192 valence electrons. The Kier molecular flexibility index (Phi) is 6.67. The smallest absolute Gasteiger partial charge is 0.341 e. The second-order valence-corrected chi connectivity index (χ2v) is 9.19. The zero-order chi connectivity index (χ0) is 26.1. The average Bonchev–Trinajstić information content (AvgIpc) is 3.53. The number of ether oxygens (including phenoxy) is 1. The van der Waals surface area contributed by atoms with Crippen molar-refractivity contribution in [2.75, 3.05) is 37.7 Å². The number of carboxylic acids is 1. The number of aryl methyl sites for hydroxylation is 1. The van der Waals surface area contributed by atoms with Gasteiger partial charge in [0.25, 0.3) is 5.95 Å². The first-order chi connectivity index (χ1) is 17.9. The summed E-state index contributed by atoms with van der Waals surface area (Å²) in [6.45, 7) is 6.09. The summed E-state index contributed by atoms with van der Waals surface area (Å²) in [5.74, 6) is -0.687. The molecule has 1 aliphatic rings. The minimum absolute atomic E-state index is 0.0449. The van der Waals surface area contributed by atoms with Gasteiger partial charge in [-0.2, -0.15) is 10.1 Å². The molecule has 0 unspecified atom stereocenters. The molecular formula is C23H24N8O5S. The molecular weight excluding hydrogens is 500 g/mol. The molecule has 0 aliphatic carbocycles. The lowest BCUT2D eigenvalue weighted by Crippen LogP contribution is -2.54. The molecule has 0 atom stereocenters. The van der Waals surface area contributed by atoms with Crippen LogP contribution >= 0.6 is 11.5 Å². The zero-order valence-corrected chi connectivity index (χ0v) is 20.9. The highest BCUT2D eigenvalue weighted by Crippen LogP contribution is 2.28. The molecule has 37 heavy (non-hydrogen) atoms. The van der Waals surface area contributed by atoms with E-state index in [4.69, 9.17) is 9.72 Å². The van der Waals surface area contributed by atoms with Crippen LogP contribution in [0.25, 0.3) is 22.1 Å². The van der Waals surface area contributed by atoms with Crippen LogP contribution in [0.3, 0.4) is 0 Å². The van der Waals surface area contributed by atoms with Gasteiger partial charge in [0, 0.05) is 56.4 Å². The number of carbonyl (C=O) groups excluding carboxylic acids is 1. The Morgan fingerprint density at radius 2 is 2.11 bits per heavy atom. The molecule has 0 aromatic carbocycles. The van der Waals surface area contributed by atoms with E-state index < -0.39 is 17.0 Å². The van der Waals surface area contributed by atoms with Gasteiger partial charge in [0.1, 0.15) is 11.4 Å². The molecule has 2 N–H and O–H groups in total. The summed E-state index contributed by atoms with van der Waals surface area (Å²) in [5, 5.41) is 17.2. The van der Waals surface area contributed by atoms with Gasteiger partial charge in [-0.15, -0.1) is 4.37 Å². The van der Waals surface area contributed by atoms with Crippen molar-refractivity contribution >= 4 is 40.3 Å². The van der Waals surface area contributed by atoms with E-state index >= 15 is 0 Å². The molecule has 0 spiro atoms. The molecule has 4 aromatic rings. The summed E-state index contributed by atoms with van der Waals surface area (Å²) in [6.07, 6.45) is 4.50. The number of rotatable bonds is 9. The van der Waals surface area contributed by atoms with Crippen molar-refractivity contribution < 1.29 is 19.4 Å². The molecule has 1 amide bonds. The summed E-state index contributed by atoms with van der Waals surface area (Å²) in [5.41, 5.74) is -0.183. The second-order valence-electron chi connectivity index (χ2n) is 8.46. The summed E-state index contributed by atoms with van der Waals surface area (Å²) in [6, 6.07) is 3.47. The zero-order valence-electron chi connectivity index (χ0n) is 20.1. The molecule has 5 heterocycles. The molecule has 0 bridgehead atoms.